The van der Waals surface area contributed by atoms with Crippen molar-refractivity contribution in [2.24, 2.45) is 5.92 Å². The quantitative estimate of drug-likeness (QED) is 0.866. The maximum Gasteiger partial charge on any atom is 0.131 e. The molecule has 2 atom stereocenters. The van der Waals surface area contributed by atoms with Crippen molar-refractivity contribution in [2.75, 3.05) is 13.6 Å². The minimum absolute atomic E-state index is 0.596. The highest BCUT2D eigenvalue weighted by molar-refractivity contribution is 5.28. The molecule has 1 heterocycles. The minimum atomic E-state index is 0.596. The highest BCUT2D eigenvalue weighted by Crippen LogP contribution is 2.36. The van der Waals surface area contributed by atoms with Crippen molar-refractivity contribution in [3.8, 4) is 0 Å². The maximum absolute atomic E-state index is 4.93. The molecule has 20 heavy (non-hydrogen) atoms. The van der Waals surface area contributed by atoms with Crippen LogP contribution in [0.15, 0.2) is 0 Å². The summed E-state index contributed by atoms with van der Waals surface area (Å²) in [5.74, 6) is 2.55. The van der Waals surface area contributed by atoms with Gasteiger partial charge in [0.25, 0.3) is 0 Å². The molecule has 0 amide bonds. The second-order valence-electron chi connectivity index (χ2n) is 6.13. The summed E-state index contributed by atoms with van der Waals surface area (Å²) in [6, 6.07) is 0. The average Bonchev–Trinajstić information content (AvgIpc) is 2.90. The number of nitrogens with zero attached hydrogens (tertiary/aromatic N) is 2. The van der Waals surface area contributed by atoms with Gasteiger partial charge < -0.3 is 5.32 Å². The average molecular weight is 275 g/mol. The Hall–Kier alpha value is -0.960. The third-order valence-corrected chi connectivity index (χ3v) is 4.55. The van der Waals surface area contributed by atoms with Crippen LogP contribution in [0.3, 0.4) is 0 Å². The van der Waals surface area contributed by atoms with Crippen molar-refractivity contribution in [3.63, 3.8) is 0 Å². The lowest BCUT2D eigenvalue weighted by Crippen LogP contribution is -2.17. The molecule has 1 aromatic rings. The van der Waals surface area contributed by atoms with Gasteiger partial charge in [0.05, 0.1) is 0 Å². The van der Waals surface area contributed by atoms with E-state index in [1.807, 2.05) is 7.05 Å². The van der Waals surface area contributed by atoms with Crippen molar-refractivity contribution in [1.29, 1.82) is 0 Å². The van der Waals surface area contributed by atoms with Crippen LogP contribution in [-0.4, -0.2) is 23.6 Å². The number of hydrogen-bond donors (Lipinski definition) is 1. The van der Waals surface area contributed by atoms with E-state index < -0.39 is 0 Å². The summed E-state index contributed by atoms with van der Waals surface area (Å²) in [6.07, 6.45) is 6.95. The molecule has 2 unspecified atom stereocenters. The van der Waals surface area contributed by atoms with Gasteiger partial charge in [0.2, 0.25) is 0 Å². The van der Waals surface area contributed by atoms with Crippen LogP contribution in [0.2, 0.25) is 0 Å². The molecule has 2 rings (SSSR count). The first-order chi connectivity index (χ1) is 9.69. The summed E-state index contributed by atoms with van der Waals surface area (Å²) >= 11 is 0. The fourth-order valence-electron chi connectivity index (χ4n) is 3.35. The van der Waals surface area contributed by atoms with E-state index in [1.54, 1.807) is 0 Å². The van der Waals surface area contributed by atoms with Gasteiger partial charge in [0.15, 0.2) is 0 Å². The monoisotopic (exact) mass is 275 g/mol. The van der Waals surface area contributed by atoms with Gasteiger partial charge in [-0.3, -0.25) is 0 Å². The molecular formula is C17H29N3. The van der Waals surface area contributed by atoms with Crippen LogP contribution >= 0.6 is 0 Å². The third kappa shape index (κ3) is 3.38. The van der Waals surface area contributed by atoms with Crippen molar-refractivity contribution < 1.29 is 0 Å². The molecule has 1 aliphatic rings. The standard InChI is InChI=1S/C17H29N3/c1-5-15-14(9-10-18-4)16(6-2)20-17(19-15)13-8-7-12(3)11-13/h12-13,18H,5-11H2,1-4H3. The number of rotatable bonds is 6. The first-order valence-electron chi connectivity index (χ1n) is 8.22. The molecule has 1 aliphatic carbocycles. The van der Waals surface area contributed by atoms with E-state index in [-0.39, 0.29) is 0 Å². The number of nitrogens with one attached hydrogen (secondary N) is 1. The van der Waals surface area contributed by atoms with Gasteiger partial charge in [-0.2, -0.15) is 0 Å². The van der Waals surface area contributed by atoms with Crippen molar-refractivity contribution in [3.05, 3.63) is 22.8 Å². The van der Waals surface area contributed by atoms with E-state index in [1.165, 1.54) is 36.2 Å². The Labute approximate surface area is 123 Å². The predicted molar refractivity (Wildman–Crippen MR) is 84.2 cm³/mol. The molecule has 0 spiro atoms. The van der Waals surface area contributed by atoms with Crippen LogP contribution in [0.1, 0.15) is 68.7 Å². The zero-order chi connectivity index (χ0) is 14.5. The highest BCUT2D eigenvalue weighted by atomic mass is 14.9. The van der Waals surface area contributed by atoms with Gasteiger partial charge in [-0.15, -0.1) is 0 Å². The second kappa shape index (κ2) is 7.16. The lowest BCUT2D eigenvalue weighted by atomic mass is 10.0. The summed E-state index contributed by atoms with van der Waals surface area (Å²) < 4.78 is 0. The molecule has 0 saturated heterocycles. The van der Waals surface area contributed by atoms with Crippen LogP contribution in [0.25, 0.3) is 0 Å². The fraction of sp³-hybridized carbons (Fsp3) is 0.765. The van der Waals surface area contributed by atoms with E-state index in [0.29, 0.717) is 5.92 Å². The summed E-state index contributed by atoms with van der Waals surface area (Å²) in [5, 5.41) is 3.24. The van der Waals surface area contributed by atoms with Gasteiger partial charge >= 0.3 is 0 Å². The molecule has 1 fully saturated rings. The Morgan fingerprint density at radius 1 is 1.10 bits per heavy atom. The Balaban J connectivity index is 2.31. The highest BCUT2D eigenvalue weighted by Gasteiger charge is 2.26. The Kier molecular flexibility index (Phi) is 5.53. The number of hydrogen-bond acceptors (Lipinski definition) is 3. The van der Waals surface area contributed by atoms with Crippen LogP contribution < -0.4 is 5.32 Å². The number of likely N-dealkylation sites (N-methyl/N-ethyl adjacent to an activating group) is 1. The topological polar surface area (TPSA) is 37.8 Å². The van der Waals surface area contributed by atoms with Crippen LogP contribution in [0.5, 0.6) is 0 Å². The molecule has 1 saturated carbocycles. The minimum Gasteiger partial charge on any atom is -0.319 e. The zero-order valence-corrected chi connectivity index (χ0v) is 13.5. The fourth-order valence-corrected chi connectivity index (χ4v) is 3.35. The molecule has 0 aromatic carbocycles. The number of aryl methyl sites for hydroxylation is 2. The lowest BCUT2D eigenvalue weighted by Gasteiger charge is -2.16. The van der Waals surface area contributed by atoms with Gasteiger partial charge in [0, 0.05) is 17.3 Å². The molecule has 0 aliphatic heterocycles. The van der Waals surface area contributed by atoms with Gasteiger partial charge in [-0.1, -0.05) is 20.8 Å². The molecule has 0 radical (unpaired) electrons. The third-order valence-electron chi connectivity index (χ3n) is 4.55. The molecule has 0 bridgehead atoms. The zero-order valence-electron chi connectivity index (χ0n) is 13.5. The van der Waals surface area contributed by atoms with Crippen LogP contribution in [0, 0.1) is 5.92 Å². The van der Waals surface area contributed by atoms with Crippen LogP contribution in [0.4, 0.5) is 0 Å². The van der Waals surface area contributed by atoms with E-state index in [9.17, 15) is 0 Å². The Morgan fingerprint density at radius 2 is 1.75 bits per heavy atom. The Bertz CT molecular complexity index is 417. The van der Waals surface area contributed by atoms with Crippen LogP contribution in [-0.2, 0) is 19.3 Å². The molecular weight excluding hydrogens is 246 g/mol. The van der Waals surface area contributed by atoms with Crippen molar-refractivity contribution in [1.82, 2.24) is 15.3 Å². The van der Waals surface area contributed by atoms with E-state index in [4.69, 9.17) is 9.97 Å². The molecule has 3 heteroatoms. The molecule has 1 N–H and O–H groups in total. The second-order valence-corrected chi connectivity index (χ2v) is 6.13. The summed E-state index contributed by atoms with van der Waals surface area (Å²) in [4.78, 5) is 9.86. The largest absolute Gasteiger partial charge is 0.319 e. The van der Waals surface area contributed by atoms with Crippen molar-refractivity contribution >= 4 is 0 Å². The first-order valence-corrected chi connectivity index (χ1v) is 8.22. The maximum atomic E-state index is 4.93. The Morgan fingerprint density at radius 3 is 2.20 bits per heavy atom. The van der Waals surface area contributed by atoms with Gasteiger partial charge in [-0.25, -0.2) is 9.97 Å². The smallest absolute Gasteiger partial charge is 0.131 e. The van der Waals surface area contributed by atoms with Gasteiger partial charge in [-0.05, 0) is 63.6 Å². The van der Waals surface area contributed by atoms with E-state index >= 15 is 0 Å². The van der Waals surface area contributed by atoms with Crippen molar-refractivity contribution in [2.45, 2.75) is 65.2 Å². The summed E-state index contributed by atoms with van der Waals surface area (Å²) in [6.45, 7) is 7.78. The summed E-state index contributed by atoms with van der Waals surface area (Å²) in [5.41, 5.74) is 3.95. The van der Waals surface area contributed by atoms with Gasteiger partial charge in [0.1, 0.15) is 5.82 Å². The SMILES string of the molecule is CCc1nc(C2CCC(C)C2)nc(CC)c1CCNC. The summed E-state index contributed by atoms with van der Waals surface area (Å²) in [7, 11) is 2.01. The molecule has 3 nitrogen and oxygen atoms in total. The first kappa shape index (κ1) is 15.4. The molecule has 1 aromatic heterocycles. The number of aromatic nitrogens is 2. The van der Waals surface area contributed by atoms with E-state index in [0.717, 1.165) is 37.5 Å². The molecule has 112 valence electrons. The lowest BCUT2D eigenvalue weighted by molar-refractivity contribution is 0.580. The normalized spacial score (nSPS) is 22.4. The van der Waals surface area contributed by atoms with E-state index in [2.05, 4.69) is 26.1 Å². The predicted octanol–water partition coefficient (Wildman–Crippen LogP) is 3.27.